The number of para-hydroxylation sites is 1. The fourth-order valence-corrected chi connectivity index (χ4v) is 2.35. The van der Waals surface area contributed by atoms with Gasteiger partial charge in [0.15, 0.2) is 0 Å². The molecule has 108 valence electrons. The molecule has 1 N–H and O–H groups in total. The molecule has 0 bridgehead atoms. The summed E-state index contributed by atoms with van der Waals surface area (Å²) in [5, 5.41) is 12.1. The fraction of sp³-hybridized carbons (Fsp3) is 0.278. The summed E-state index contributed by atoms with van der Waals surface area (Å²) in [4.78, 5) is 0. The lowest BCUT2D eigenvalue weighted by atomic mass is 10.1. The van der Waals surface area contributed by atoms with Crippen molar-refractivity contribution in [1.82, 2.24) is 0 Å². The second-order valence-corrected chi connectivity index (χ2v) is 5.09. The zero-order chi connectivity index (χ0) is 15.1. The first-order valence-corrected chi connectivity index (χ1v) is 7.07. The molecule has 1 unspecified atom stereocenters. The van der Waals surface area contributed by atoms with Crippen molar-refractivity contribution in [2.45, 2.75) is 25.8 Å². The molecule has 2 aromatic carbocycles. The quantitative estimate of drug-likeness (QED) is 0.875. The average Bonchev–Trinajstić information content (AvgIpc) is 2.50. The number of nitrogens with zero attached hydrogens (tertiary/aromatic N) is 1. The van der Waals surface area contributed by atoms with Crippen LogP contribution in [-0.2, 0) is 12.8 Å². The number of ether oxygens (including phenoxy) is 1. The van der Waals surface area contributed by atoms with Gasteiger partial charge in [-0.25, -0.2) is 0 Å². The molecular weight excluding hydrogens is 260 g/mol. The number of benzene rings is 2. The highest BCUT2D eigenvalue weighted by atomic mass is 16.5. The van der Waals surface area contributed by atoms with Gasteiger partial charge in [-0.15, -0.1) is 0 Å². The number of rotatable bonds is 6. The van der Waals surface area contributed by atoms with Crippen LogP contribution in [0.25, 0.3) is 0 Å². The molecule has 0 amide bonds. The molecule has 0 saturated heterocycles. The second-order valence-electron chi connectivity index (χ2n) is 5.09. The summed E-state index contributed by atoms with van der Waals surface area (Å²) < 4.78 is 5.38. The van der Waals surface area contributed by atoms with Gasteiger partial charge in [0, 0.05) is 11.7 Å². The van der Waals surface area contributed by atoms with Crippen LogP contribution in [-0.4, -0.2) is 13.2 Å². The molecule has 0 fully saturated rings. The van der Waals surface area contributed by atoms with Gasteiger partial charge >= 0.3 is 0 Å². The number of anilines is 1. The first-order valence-electron chi connectivity index (χ1n) is 7.07. The van der Waals surface area contributed by atoms with Crippen LogP contribution >= 0.6 is 0 Å². The van der Waals surface area contributed by atoms with E-state index in [9.17, 15) is 0 Å². The third-order valence-corrected chi connectivity index (χ3v) is 3.37. The third kappa shape index (κ3) is 4.25. The maximum Gasteiger partial charge on any atom is 0.122 e. The number of nitriles is 1. The van der Waals surface area contributed by atoms with E-state index in [0.717, 1.165) is 23.4 Å². The zero-order valence-corrected chi connectivity index (χ0v) is 12.5. The van der Waals surface area contributed by atoms with Crippen LogP contribution in [0.5, 0.6) is 5.75 Å². The van der Waals surface area contributed by atoms with Crippen molar-refractivity contribution >= 4 is 5.69 Å². The minimum atomic E-state index is 0.295. The lowest BCUT2D eigenvalue weighted by Gasteiger charge is -2.17. The summed E-state index contributed by atoms with van der Waals surface area (Å²) in [6, 6.07) is 18.5. The van der Waals surface area contributed by atoms with E-state index in [1.54, 1.807) is 7.11 Å². The van der Waals surface area contributed by atoms with E-state index in [4.69, 9.17) is 10.00 Å². The highest BCUT2D eigenvalue weighted by molar-refractivity contribution is 5.46. The van der Waals surface area contributed by atoms with Crippen LogP contribution < -0.4 is 10.1 Å². The van der Waals surface area contributed by atoms with Crippen molar-refractivity contribution in [3.63, 3.8) is 0 Å². The third-order valence-electron chi connectivity index (χ3n) is 3.37. The largest absolute Gasteiger partial charge is 0.496 e. The highest BCUT2D eigenvalue weighted by Crippen LogP contribution is 2.20. The maximum atomic E-state index is 8.67. The van der Waals surface area contributed by atoms with E-state index in [1.807, 2.05) is 42.5 Å². The second kappa shape index (κ2) is 7.35. The molecule has 2 rings (SSSR count). The van der Waals surface area contributed by atoms with Crippen molar-refractivity contribution in [2.75, 3.05) is 12.4 Å². The van der Waals surface area contributed by atoms with Crippen molar-refractivity contribution in [3.05, 3.63) is 59.7 Å². The Morgan fingerprint density at radius 1 is 1.14 bits per heavy atom. The topological polar surface area (TPSA) is 45.0 Å². The predicted molar refractivity (Wildman–Crippen MR) is 85.5 cm³/mol. The van der Waals surface area contributed by atoms with E-state index in [0.29, 0.717) is 12.5 Å². The monoisotopic (exact) mass is 280 g/mol. The Hall–Kier alpha value is -2.47. The summed E-state index contributed by atoms with van der Waals surface area (Å²) in [6.07, 6.45) is 1.35. The maximum absolute atomic E-state index is 8.67. The fourth-order valence-electron chi connectivity index (χ4n) is 2.35. The molecule has 1 atom stereocenters. The summed E-state index contributed by atoms with van der Waals surface area (Å²) in [7, 11) is 1.70. The van der Waals surface area contributed by atoms with Gasteiger partial charge in [0.05, 0.1) is 19.6 Å². The Morgan fingerprint density at radius 3 is 2.52 bits per heavy atom. The first kappa shape index (κ1) is 14.9. The minimum absolute atomic E-state index is 0.295. The highest BCUT2D eigenvalue weighted by Gasteiger charge is 2.07. The van der Waals surface area contributed by atoms with Gasteiger partial charge in [0.2, 0.25) is 0 Å². The summed E-state index contributed by atoms with van der Waals surface area (Å²) in [6.45, 7) is 2.15. The van der Waals surface area contributed by atoms with E-state index in [1.165, 1.54) is 5.56 Å². The average molecular weight is 280 g/mol. The van der Waals surface area contributed by atoms with E-state index < -0.39 is 0 Å². The molecule has 2 aromatic rings. The summed E-state index contributed by atoms with van der Waals surface area (Å²) >= 11 is 0. The van der Waals surface area contributed by atoms with Crippen LogP contribution in [0.1, 0.15) is 18.1 Å². The van der Waals surface area contributed by atoms with E-state index >= 15 is 0 Å². The number of hydrogen-bond acceptors (Lipinski definition) is 3. The van der Waals surface area contributed by atoms with Crippen LogP contribution in [0.4, 0.5) is 5.69 Å². The Kier molecular flexibility index (Phi) is 5.22. The molecule has 0 radical (unpaired) electrons. The van der Waals surface area contributed by atoms with Crippen LogP contribution in [0.2, 0.25) is 0 Å². The Bertz CT molecular complexity index is 614. The van der Waals surface area contributed by atoms with Gasteiger partial charge in [-0.2, -0.15) is 5.26 Å². The van der Waals surface area contributed by atoms with Gasteiger partial charge in [0.25, 0.3) is 0 Å². The molecule has 0 aromatic heterocycles. The zero-order valence-electron chi connectivity index (χ0n) is 12.5. The molecule has 0 aliphatic carbocycles. The molecule has 3 nitrogen and oxygen atoms in total. The number of nitrogens with one attached hydrogen (secondary N) is 1. The Morgan fingerprint density at radius 2 is 1.86 bits per heavy atom. The molecule has 21 heavy (non-hydrogen) atoms. The number of methoxy groups -OCH3 is 1. The lowest BCUT2D eigenvalue weighted by molar-refractivity contribution is 0.409. The van der Waals surface area contributed by atoms with Crippen molar-refractivity contribution in [3.8, 4) is 11.8 Å². The molecule has 3 heteroatoms. The van der Waals surface area contributed by atoms with Crippen LogP contribution in [0.3, 0.4) is 0 Å². The molecular formula is C18H20N2O. The van der Waals surface area contributed by atoms with Crippen molar-refractivity contribution in [1.29, 1.82) is 5.26 Å². The molecule has 0 spiro atoms. The SMILES string of the molecule is COc1ccccc1CC(C)Nc1ccc(CC#N)cc1. The van der Waals surface area contributed by atoms with Crippen LogP contribution in [0.15, 0.2) is 48.5 Å². The van der Waals surface area contributed by atoms with Crippen LogP contribution in [0, 0.1) is 11.3 Å². The molecule has 0 heterocycles. The van der Waals surface area contributed by atoms with Gasteiger partial charge in [-0.1, -0.05) is 30.3 Å². The summed E-state index contributed by atoms with van der Waals surface area (Å²) in [5.74, 6) is 0.926. The van der Waals surface area contributed by atoms with Gasteiger partial charge in [0.1, 0.15) is 5.75 Å². The number of hydrogen-bond donors (Lipinski definition) is 1. The lowest BCUT2D eigenvalue weighted by Crippen LogP contribution is -2.18. The molecule has 0 aliphatic heterocycles. The smallest absolute Gasteiger partial charge is 0.122 e. The Balaban J connectivity index is 1.98. The van der Waals surface area contributed by atoms with E-state index in [-0.39, 0.29) is 0 Å². The normalized spacial score (nSPS) is 11.5. The van der Waals surface area contributed by atoms with Gasteiger partial charge in [-0.3, -0.25) is 0 Å². The molecule has 0 saturated carbocycles. The Labute approximate surface area is 126 Å². The first-order chi connectivity index (χ1) is 10.2. The van der Waals surface area contributed by atoms with Crippen molar-refractivity contribution < 1.29 is 4.74 Å². The molecule has 0 aliphatic rings. The predicted octanol–water partition coefficient (Wildman–Crippen LogP) is 3.80. The summed E-state index contributed by atoms with van der Waals surface area (Å²) in [5.41, 5.74) is 3.31. The van der Waals surface area contributed by atoms with Gasteiger partial charge < -0.3 is 10.1 Å². The minimum Gasteiger partial charge on any atom is -0.496 e. The standard InChI is InChI=1S/C18H20N2O/c1-14(13-16-5-3-4-6-18(16)21-2)20-17-9-7-15(8-10-17)11-12-19/h3-10,14,20H,11,13H2,1-2H3. The van der Waals surface area contributed by atoms with E-state index in [2.05, 4.69) is 24.4 Å². The van der Waals surface area contributed by atoms with Gasteiger partial charge in [-0.05, 0) is 42.7 Å². The van der Waals surface area contributed by atoms with Crippen molar-refractivity contribution in [2.24, 2.45) is 0 Å².